The fourth-order valence-corrected chi connectivity index (χ4v) is 3.75. The Balaban J connectivity index is 1.83. The summed E-state index contributed by atoms with van der Waals surface area (Å²) in [6.07, 6.45) is 3.26. The molecule has 2 aromatic carbocycles. The summed E-state index contributed by atoms with van der Waals surface area (Å²) in [7, 11) is 0. The molecule has 0 saturated heterocycles. The van der Waals surface area contributed by atoms with Crippen LogP contribution < -0.4 is 0 Å². The molecule has 3 atom stereocenters. The number of carbonyl (C=O) groups is 1. The molecule has 0 bridgehead atoms. The molecule has 0 heterocycles. The third kappa shape index (κ3) is 3.07. The largest absolute Gasteiger partial charge is 0.300 e. The van der Waals surface area contributed by atoms with E-state index in [2.05, 4.69) is 54.6 Å². The van der Waals surface area contributed by atoms with Crippen molar-refractivity contribution < 1.29 is 4.79 Å². The number of rotatable bonds is 3. The lowest BCUT2D eigenvalue weighted by molar-refractivity contribution is -0.122. The quantitative estimate of drug-likeness (QED) is 0.777. The van der Waals surface area contributed by atoms with Crippen molar-refractivity contribution in [1.82, 2.24) is 0 Å². The molecular formula is C20H22O. The van der Waals surface area contributed by atoms with E-state index in [1.54, 1.807) is 6.92 Å². The van der Waals surface area contributed by atoms with Gasteiger partial charge < -0.3 is 0 Å². The number of benzene rings is 2. The van der Waals surface area contributed by atoms with Crippen molar-refractivity contribution in [2.45, 2.75) is 38.0 Å². The molecule has 0 aromatic heterocycles. The highest BCUT2D eigenvalue weighted by molar-refractivity contribution is 5.79. The first-order valence-electron chi connectivity index (χ1n) is 7.86. The van der Waals surface area contributed by atoms with Crippen molar-refractivity contribution >= 4 is 5.78 Å². The zero-order valence-corrected chi connectivity index (χ0v) is 12.5. The second-order valence-corrected chi connectivity index (χ2v) is 6.15. The maximum atomic E-state index is 12.2. The third-order valence-corrected chi connectivity index (χ3v) is 4.87. The van der Waals surface area contributed by atoms with E-state index in [0.29, 0.717) is 17.6 Å². The van der Waals surface area contributed by atoms with Crippen LogP contribution in [0.25, 0.3) is 0 Å². The molecule has 0 radical (unpaired) electrons. The van der Waals surface area contributed by atoms with E-state index < -0.39 is 0 Å². The van der Waals surface area contributed by atoms with Gasteiger partial charge >= 0.3 is 0 Å². The molecule has 1 saturated carbocycles. The molecule has 2 aromatic rings. The summed E-state index contributed by atoms with van der Waals surface area (Å²) >= 11 is 0. The summed E-state index contributed by atoms with van der Waals surface area (Å²) < 4.78 is 0. The summed E-state index contributed by atoms with van der Waals surface area (Å²) in [6.45, 7) is 1.76. The van der Waals surface area contributed by atoms with E-state index in [4.69, 9.17) is 0 Å². The average Bonchev–Trinajstić information content (AvgIpc) is 2.56. The Labute approximate surface area is 127 Å². The predicted molar refractivity (Wildman–Crippen MR) is 86.4 cm³/mol. The summed E-state index contributed by atoms with van der Waals surface area (Å²) in [5.41, 5.74) is 2.71. The number of Topliss-reactive ketones (excluding diaryl/α,β-unsaturated/α-hetero) is 1. The Morgan fingerprint density at radius 3 is 2.00 bits per heavy atom. The molecule has 108 valence electrons. The van der Waals surface area contributed by atoms with Gasteiger partial charge in [-0.15, -0.1) is 0 Å². The summed E-state index contributed by atoms with van der Waals surface area (Å²) in [5, 5.41) is 0. The van der Waals surface area contributed by atoms with E-state index in [-0.39, 0.29) is 5.92 Å². The van der Waals surface area contributed by atoms with Crippen molar-refractivity contribution in [1.29, 1.82) is 0 Å². The molecule has 0 aliphatic heterocycles. The minimum Gasteiger partial charge on any atom is -0.300 e. The van der Waals surface area contributed by atoms with Crippen molar-refractivity contribution in [3.05, 3.63) is 71.8 Å². The van der Waals surface area contributed by atoms with Crippen LogP contribution in [0.1, 0.15) is 49.1 Å². The fraction of sp³-hybridized carbons (Fsp3) is 0.350. The molecule has 21 heavy (non-hydrogen) atoms. The molecule has 1 fully saturated rings. The smallest absolute Gasteiger partial charge is 0.133 e. The zero-order valence-electron chi connectivity index (χ0n) is 12.5. The van der Waals surface area contributed by atoms with Gasteiger partial charge in [-0.05, 0) is 49.1 Å². The number of hydrogen-bond donors (Lipinski definition) is 0. The van der Waals surface area contributed by atoms with Gasteiger partial charge in [-0.2, -0.15) is 0 Å². The lowest BCUT2D eigenvalue weighted by Crippen LogP contribution is -2.27. The minimum atomic E-state index is 0.159. The van der Waals surface area contributed by atoms with Gasteiger partial charge in [0.1, 0.15) is 5.78 Å². The van der Waals surface area contributed by atoms with Crippen LogP contribution in [0.2, 0.25) is 0 Å². The van der Waals surface area contributed by atoms with Gasteiger partial charge in [0.05, 0.1) is 0 Å². The molecule has 0 spiro atoms. The highest BCUT2D eigenvalue weighted by Crippen LogP contribution is 2.44. The van der Waals surface area contributed by atoms with Gasteiger partial charge in [0, 0.05) is 5.92 Å². The Kier molecular flexibility index (Phi) is 4.19. The number of ketones is 1. The summed E-state index contributed by atoms with van der Waals surface area (Å²) in [4.78, 5) is 12.2. The molecule has 1 heteroatoms. The second kappa shape index (κ2) is 6.26. The van der Waals surface area contributed by atoms with Crippen LogP contribution in [-0.4, -0.2) is 5.78 Å². The maximum absolute atomic E-state index is 12.2. The van der Waals surface area contributed by atoms with Crippen molar-refractivity contribution in [3.8, 4) is 0 Å². The Bertz CT molecular complexity index is 588. The SMILES string of the molecule is CC(=O)[C@@H]1C[C@@H](c2ccccc2)CC[C@@H]1c1ccccc1. The Hall–Kier alpha value is -1.89. The fourth-order valence-electron chi connectivity index (χ4n) is 3.75. The first-order valence-corrected chi connectivity index (χ1v) is 7.86. The van der Waals surface area contributed by atoms with Crippen molar-refractivity contribution in [3.63, 3.8) is 0 Å². The van der Waals surface area contributed by atoms with Gasteiger partial charge in [0.15, 0.2) is 0 Å². The first kappa shape index (κ1) is 14.1. The molecule has 1 aliphatic rings. The predicted octanol–water partition coefficient (Wildman–Crippen LogP) is 4.94. The highest BCUT2D eigenvalue weighted by atomic mass is 16.1. The van der Waals surface area contributed by atoms with Crippen LogP contribution >= 0.6 is 0 Å². The zero-order chi connectivity index (χ0) is 14.7. The van der Waals surface area contributed by atoms with Crippen molar-refractivity contribution in [2.75, 3.05) is 0 Å². The summed E-state index contributed by atoms with van der Waals surface area (Å²) in [6, 6.07) is 21.2. The molecule has 1 nitrogen and oxygen atoms in total. The van der Waals surface area contributed by atoms with Gasteiger partial charge in [-0.25, -0.2) is 0 Å². The second-order valence-electron chi connectivity index (χ2n) is 6.15. The van der Waals surface area contributed by atoms with Crippen LogP contribution in [0.5, 0.6) is 0 Å². The molecule has 0 N–H and O–H groups in total. The van der Waals surface area contributed by atoms with Gasteiger partial charge in [0.2, 0.25) is 0 Å². The van der Waals surface area contributed by atoms with E-state index in [1.165, 1.54) is 17.5 Å². The van der Waals surface area contributed by atoms with Crippen molar-refractivity contribution in [2.24, 2.45) is 5.92 Å². The molecule has 1 aliphatic carbocycles. The van der Waals surface area contributed by atoms with E-state index >= 15 is 0 Å². The monoisotopic (exact) mass is 278 g/mol. The topological polar surface area (TPSA) is 17.1 Å². The highest BCUT2D eigenvalue weighted by Gasteiger charge is 2.34. The van der Waals surface area contributed by atoms with E-state index in [0.717, 1.165) is 12.8 Å². The van der Waals surface area contributed by atoms with Crippen LogP contribution in [0.4, 0.5) is 0 Å². The van der Waals surface area contributed by atoms with Crippen LogP contribution in [0, 0.1) is 5.92 Å². The Morgan fingerprint density at radius 2 is 1.43 bits per heavy atom. The lowest BCUT2D eigenvalue weighted by atomic mass is 9.68. The first-order chi connectivity index (χ1) is 10.3. The van der Waals surface area contributed by atoms with Crippen LogP contribution in [0.15, 0.2) is 60.7 Å². The van der Waals surface area contributed by atoms with Crippen LogP contribution in [0.3, 0.4) is 0 Å². The molecule has 0 unspecified atom stereocenters. The summed E-state index contributed by atoms with van der Waals surface area (Å²) in [5.74, 6) is 1.42. The lowest BCUT2D eigenvalue weighted by Gasteiger charge is -2.35. The number of carbonyl (C=O) groups excluding carboxylic acids is 1. The molecule has 3 rings (SSSR count). The van der Waals surface area contributed by atoms with Gasteiger partial charge in [-0.1, -0.05) is 60.7 Å². The maximum Gasteiger partial charge on any atom is 0.133 e. The Morgan fingerprint density at radius 1 is 0.857 bits per heavy atom. The minimum absolute atomic E-state index is 0.159. The van der Waals surface area contributed by atoms with Gasteiger partial charge in [-0.3, -0.25) is 4.79 Å². The van der Waals surface area contributed by atoms with Crippen LogP contribution in [-0.2, 0) is 4.79 Å². The molecule has 0 amide bonds. The van der Waals surface area contributed by atoms with E-state index in [1.807, 2.05) is 6.07 Å². The number of hydrogen-bond acceptors (Lipinski definition) is 1. The van der Waals surface area contributed by atoms with Gasteiger partial charge in [0.25, 0.3) is 0 Å². The third-order valence-electron chi connectivity index (χ3n) is 4.87. The van der Waals surface area contributed by atoms with E-state index in [9.17, 15) is 4.79 Å². The normalized spacial score (nSPS) is 25.5. The average molecular weight is 278 g/mol. The molecular weight excluding hydrogens is 256 g/mol. The standard InChI is InChI=1S/C20H22O/c1-15(21)20-14-18(16-8-4-2-5-9-16)12-13-19(20)17-10-6-3-7-11-17/h2-11,18-20H,12-14H2,1H3/t18-,19+,20-/m0/s1.